The Balaban J connectivity index is 1.52. The quantitative estimate of drug-likeness (QED) is 0.837. The Morgan fingerprint density at radius 3 is 2.85 bits per heavy atom. The number of hydrogen-bond donors (Lipinski definition) is 1. The first-order chi connectivity index (χ1) is 13.1. The molecule has 27 heavy (non-hydrogen) atoms. The number of carbonyl (C=O) groups excluding carboxylic acids is 1. The summed E-state index contributed by atoms with van der Waals surface area (Å²) in [5.74, 6) is 0.690. The lowest BCUT2D eigenvalue weighted by Gasteiger charge is -2.35. The summed E-state index contributed by atoms with van der Waals surface area (Å²) in [6.07, 6.45) is 5.59. The summed E-state index contributed by atoms with van der Waals surface area (Å²) in [5, 5.41) is 13.0. The summed E-state index contributed by atoms with van der Waals surface area (Å²) in [6.45, 7) is 0.668. The molecule has 2 aliphatic rings. The smallest absolute Gasteiger partial charge is 0.303 e. The predicted octanol–water partition coefficient (Wildman–Crippen LogP) is 3.47. The first-order valence-electron chi connectivity index (χ1n) is 9.58. The van der Waals surface area contributed by atoms with E-state index >= 15 is 0 Å². The standard InChI is InChI=1S/C20H23N3O4/c24-17(25)10-9-16-6-1-2-11-23(16)20(26)15-5-3-4-14(12-15)18-21-19(27-22-18)13-7-8-13/h3-5,12-13,16H,1-2,6-11H2,(H,24,25)/t16-/m0/s1. The van der Waals surface area contributed by atoms with Crippen molar-refractivity contribution in [3.05, 3.63) is 35.7 Å². The molecule has 2 fully saturated rings. The highest BCUT2D eigenvalue weighted by Crippen LogP contribution is 2.39. The van der Waals surface area contributed by atoms with E-state index in [1.807, 2.05) is 17.0 Å². The van der Waals surface area contributed by atoms with Crippen LogP contribution in [0.2, 0.25) is 0 Å². The third kappa shape index (κ3) is 4.02. The largest absolute Gasteiger partial charge is 0.481 e. The second-order valence-electron chi connectivity index (χ2n) is 7.39. The molecule has 1 aromatic heterocycles. The van der Waals surface area contributed by atoms with Gasteiger partial charge in [0, 0.05) is 36.1 Å². The molecule has 1 aromatic carbocycles. The predicted molar refractivity (Wildman–Crippen MR) is 97.3 cm³/mol. The number of carboxylic acid groups (broad SMARTS) is 1. The Morgan fingerprint density at radius 2 is 2.07 bits per heavy atom. The van der Waals surface area contributed by atoms with Crippen LogP contribution in [0.15, 0.2) is 28.8 Å². The van der Waals surface area contributed by atoms with Crippen molar-refractivity contribution >= 4 is 11.9 Å². The molecule has 7 heteroatoms. The van der Waals surface area contributed by atoms with Crippen molar-refractivity contribution < 1.29 is 19.2 Å². The van der Waals surface area contributed by atoms with Gasteiger partial charge in [0.1, 0.15) is 0 Å². The van der Waals surface area contributed by atoms with Gasteiger partial charge in [-0.05, 0) is 50.7 Å². The minimum absolute atomic E-state index is 0.0161. The van der Waals surface area contributed by atoms with E-state index in [2.05, 4.69) is 10.1 Å². The molecule has 0 radical (unpaired) electrons. The van der Waals surface area contributed by atoms with Gasteiger partial charge in [-0.3, -0.25) is 9.59 Å². The maximum Gasteiger partial charge on any atom is 0.303 e. The molecule has 2 heterocycles. The van der Waals surface area contributed by atoms with E-state index < -0.39 is 5.97 Å². The molecule has 1 amide bonds. The van der Waals surface area contributed by atoms with Gasteiger partial charge in [-0.25, -0.2) is 0 Å². The van der Waals surface area contributed by atoms with Crippen LogP contribution in [-0.4, -0.2) is 44.6 Å². The van der Waals surface area contributed by atoms with Gasteiger partial charge in [0.2, 0.25) is 11.7 Å². The Morgan fingerprint density at radius 1 is 1.22 bits per heavy atom. The normalized spacial score (nSPS) is 19.9. The number of carboxylic acids is 1. The van der Waals surface area contributed by atoms with Crippen molar-refractivity contribution in [3.63, 3.8) is 0 Å². The van der Waals surface area contributed by atoms with Crippen molar-refractivity contribution in [2.24, 2.45) is 0 Å². The van der Waals surface area contributed by atoms with E-state index in [4.69, 9.17) is 9.63 Å². The van der Waals surface area contributed by atoms with Crippen LogP contribution in [0.25, 0.3) is 11.4 Å². The lowest BCUT2D eigenvalue weighted by atomic mass is 9.96. The van der Waals surface area contributed by atoms with Gasteiger partial charge >= 0.3 is 5.97 Å². The first-order valence-corrected chi connectivity index (χ1v) is 9.58. The molecule has 1 aliphatic heterocycles. The third-order valence-corrected chi connectivity index (χ3v) is 5.32. The molecule has 0 spiro atoms. The molecule has 0 bridgehead atoms. The minimum atomic E-state index is -0.821. The maximum absolute atomic E-state index is 13.1. The van der Waals surface area contributed by atoms with Crippen molar-refractivity contribution in [1.82, 2.24) is 15.0 Å². The van der Waals surface area contributed by atoms with Gasteiger partial charge in [-0.2, -0.15) is 4.98 Å². The minimum Gasteiger partial charge on any atom is -0.481 e. The molecule has 142 valence electrons. The number of amides is 1. The average Bonchev–Trinajstić information content (AvgIpc) is 3.43. The number of carbonyl (C=O) groups is 2. The molecule has 7 nitrogen and oxygen atoms in total. The fourth-order valence-electron chi connectivity index (χ4n) is 3.66. The van der Waals surface area contributed by atoms with Crippen LogP contribution >= 0.6 is 0 Å². The van der Waals surface area contributed by atoms with Crippen molar-refractivity contribution in [2.75, 3.05) is 6.54 Å². The lowest BCUT2D eigenvalue weighted by molar-refractivity contribution is -0.137. The van der Waals surface area contributed by atoms with E-state index in [1.165, 1.54) is 0 Å². The number of hydrogen-bond acceptors (Lipinski definition) is 5. The highest BCUT2D eigenvalue weighted by Gasteiger charge is 2.30. The maximum atomic E-state index is 13.1. The first kappa shape index (κ1) is 17.7. The fraction of sp³-hybridized carbons (Fsp3) is 0.500. The van der Waals surface area contributed by atoms with E-state index in [9.17, 15) is 9.59 Å². The van der Waals surface area contributed by atoms with E-state index in [0.717, 1.165) is 37.7 Å². The summed E-state index contributed by atoms with van der Waals surface area (Å²) >= 11 is 0. The number of benzene rings is 1. The van der Waals surface area contributed by atoms with Crippen LogP contribution in [-0.2, 0) is 4.79 Å². The van der Waals surface area contributed by atoms with E-state index in [0.29, 0.717) is 36.2 Å². The van der Waals surface area contributed by atoms with Crippen LogP contribution in [0.1, 0.15) is 67.1 Å². The number of aromatic nitrogens is 2. The third-order valence-electron chi connectivity index (χ3n) is 5.32. The number of likely N-dealkylation sites (tertiary alicyclic amines) is 1. The second-order valence-corrected chi connectivity index (χ2v) is 7.39. The highest BCUT2D eigenvalue weighted by molar-refractivity contribution is 5.95. The van der Waals surface area contributed by atoms with Gasteiger partial charge in [0.15, 0.2) is 0 Å². The molecular weight excluding hydrogens is 346 g/mol. The van der Waals surface area contributed by atoms with Crippen molar-refractivity contribution in [3.8, 4) is 11.4 Å². The summed E-state index contributed by atoms with van der Waals surface area (Å²) < 4.78 is 5.32. The molecule has 1 atom stereocenters. The number of rotatable bonds is 6. The SMILES string of the molecule is O=C(O)CC[C@@H]1CCCCN1C(=O)c1cccc(-c2noc(C3CC3)n2)c1. The van der Waals surface area contributed by atoms with Gasteiger partial charge in [0.25, 0.3) is 5.91 Å². The molecule has 0 unspecified atom stereocenters. The summed E-state index contributed by atoms with van der Waals surface area (Å²) in [5.41, 5.74) is 1.34. The van der Waals surface area contributed by atoms with Crippen LogP contribution in [0.5, 0.6) is 0 Å². The van der Waals surface area contributed by atoms with Crippen LogP contribution in [0.4, 0.5) is 0 Å². The zero-order valence-electron chi connectivity index (χ0n) is 15.1. The Labute approximate surface area is 157 Å². The van der Waals surface area contributed by atoms with Gasteiger partial charge in [-0.1, -0.05) is 17.3 Å². The molecule has 1 N–H and O–H groups in total. The summed E-state index contributed by atoms with van der Waals surface area (Å²) in [7, 11) is 0. The van der Waals surface area contributed by atoms with E-state index in [-0.39, 0.29) is 18.4 Å². The molecule has 2 aromatic rings. The van der Waals surface area contributed by atoms with E-state index in [1.54, 1.807) is 12.1 Å². The molecule has 1 saturated heterocycles. The summed E-state index contributed by atoms with van der Waals surface area (Å²) in [6, 6.07) is 7.27. The average molecular weight is 369 g/mol. The number of aliphatic carboxylic acids is 1. The Hall–Kier alpha value is -2.70. The molecule has 4 rings (SSSR count). The zero-order chi connectivity index (χ0) is 18.8. The van der Waals surface area contributed by atoms with Crippen LogP contribution in [0, 0.1) is 0 Å². The second kappa shape index (κ2) is 7.50. The topological polar surface area (TPSA) is 96.5 Å². The Bertz CT molecular complexity index is 843. The molecule has 1 aliphatic carbocycles. The van der Waals surface area contributed by atoms with Crippen LogP contribution in [0.3, 0.4) is 0 Å². The number of piperidine rings is 1. The van der Waals surface area contributed by atoms with Crippen molar-refractivity contribution in [1.29, 1.82) is 0 Å². The zero-order valence-corrected chi connectivity index (χ0v) is 15.1. The van der Waals surface area contributed by atoms with Crippen molar-refractivity contribution in [2.45, 2.75) is 56.9 Å². The number of nitrogens with zero attached hydrogens (tertiary/aromatic N) is 3. The molecule has 1 saturated carbocycles. The fourth-order valence-corrected chi connectivity index (χ4v) is 3.66. The van der Waals surface area contributed by atoms with Gasteiger partial charge < -0.3 is 14.5 Å². The monoisotopic (exact) mass is 369 g/mol. The van der Waals surface area contributed by atoms with Gasteiger partial charge in [-0.15, -0.1) is 0 Å². The Kier molecular flexibility index (Phi) is 4.92. The van der Waals surface area contributed by atoms with Gasteiger partial charge in [0.05, 0.1) is 0 Å². The summed E-state index contributed by atoms with van der Waals surface area (Å²) in [4.78, 5) is 30.3. The van der Waals surface area contributed by atoms with Crippen LogP contribution < -0.4 is 0 Å². The molecular formula is C20H23N3O4. The lowest BCUT2D eigenvalue weighted by Crippen LogP contribution is -2.44. The highest BCUT2D eigenvalue weighted by atomic mass is 16.5.